The first-order valence-electron chi connectivity index (χ1n) is 16.2. The average Bonchev–Trinajstić information content (AvgIpc) is 4.00. The number of hydrogen-bond donors (Lipinski definition) is 2. The van der Waals surface area contributed by atoms with Gasteiger partial charge in [0.15, 0.2) is 46.5 Å². The van der Waals surface area contributed by atoms with E-state index in [-0.39, 0.29) is 46.8 Å². The summed E-state index contributed by atoms with van der Waals surface area (Å²) in [4.78, 5) is 40.6. The third-order valence-electron chi connectivity index (χ3n) is 8.58. The van der Waals surface area contributed by atoms with Crippen molar-refractivity contribution in [2.45, 2.75) is 13.8 Å². The maximum absolute atomic E-state index is 15.5. The van der Waals surface area contributed by atoms with Crippen LogP contribution in [0.3, 0.4) is 0 Å². The molecule has 0 amide bonds. The Morgan fingerprint density at radius 3 is 1.14 bits per heavy atom. The number of carbonyl (C=O) groups excluding carboxylic acids is 2. The highest BCUT2D eigenvalue weighted by Crippen LogP contribution is 2.40. The lowest BCUT2D eigenvalue weighted by atomic mass is 10.0. The van der Waals surface area contributed by atoms with Crippen molar-refractivity contribution in [2.24, 2.45) is 0 Å². The van der Waals surface area contributed by atoms with E-state index in [1.165, 1.54) is 38.1 Å². The van der Waals surface area contributed by atoms with Crippen molar-refractivity contribution in [1.29, 1.82) is 0 Å². The van der Waals surface area contributed by atoms with Crippen molar-refractivity contribution in [1.82, 2.24) is 19.9 Å². The molecule has 3 aromatic heterocycles. The fourth-order valence-electron chi connectivity index (χ4n) is 6.21. The van der Waals surface area contributed by atoms with Gasteiger partial charge < -0.3 is 19.4 Å². The molecular formula is C38H20F10N4O4. The number of aromatic amines is 2. The van der Waals surface area contributed by atoms with Gasteiger partial charge in [-0.25, -0.2) is 63.5 Å². The van der Waals surface area contributed by atoms with Gasteiger partial charge in [0.25, 0.3) is 0 Å². The number of H-pyrrole nitrogens is 2. The second-order valence-corrected chi connectivity index (χ2v) is 11.9. The summed E-state index contributed by atoms with van der Waals surface area (Å²) in [5.41, 5.74) is -7.94. The van der Waals surface area contributed by atoms with Crippen molar-refractivity contribution in [3.63, 3.8) is 0 Å². The molecule has 2 aromatic carbocycles. The molecule has 2 N–H and O–H groups in total. The number of fused-ring (bicyclic) bond motifs is 8. The number of carbonyl (C=O) groups is 2. The fourth-order valence-corrected chi connectivity index (χ4v) is 6.21. The minimum atomic E-state index is -2.49. The van der Waals surface area contributed by atoms with E-state index < -0.39 is 115 Å². The van der Waals surface area contributed by atoms with Gasteiger partial charge in [0.05, 0.1) is 69.3 Å². The van der Waals surface area contributed by atoms with E-state index in [0.29, 0.717) is 0 Å². The molecule has 18 heteroatoms. The van der Waals surface area contributed by atoms with Crippen molar-refractivity contribution >= 4 is 58.3 Å². The molecule has 8 bridgehead atoms. The molecule has 2 aliphatic heterocycles. The second-order valence-electron chi connectivity index (χ2n) is 11.9. The van der Waals surface area contributed by atoms with Crippen LogP contribution in [0.1, 0.15) is 57.3 Å². The van der Waals surface area contributed by atoms with Gasteiger partial charge in [-0.3, -0.25) is 0 Å². The zero-order valence-electron chi connectivity index (χ0n) is 28.3. The van der Waals surface area contributed by atoms with Crippen LogP contribution in [0.5, 0.6) is 0 Å². The maximum Gasteiger partial charge on any atom is 0.341 e. The third kappa shape index (κ3) is 5.97. The van der Waals surface area contributed by atoms with Crippen LogP contribution < -0.4 is 0 Å². The molecule has 8 nitrogen and oxygen atoms in total. The van der Waals surface area contributed by atoms with Gasteiger partial charge in [-0.2, -0.15) is 0 Å². The molecule has 0 aliphatic carbocycles. The Kier molecular flexibility index (Phi) is 9.51. The molecule has 0 saturated carbocycles. The van der Waals surface area contributed by atoms with Crippen LogP contribution >= 0.6 is 0 Å². The first-order chi connectivity index (χ1) is 26.7. The smallest absolute Gasteiger partial charge is 0.341 e. The number of halogens is 10. The molecule has 5 heterocycles. The average molecular weight is 787 g/mol. The SMILES string of the molecule is CCOC(=O)c1c(C(=O)OCC)c2cc3nc(c(-c4c(F)c(F)c(F)c(F)c4F)c4ccc([nH]4)c(-c4c(F)c(F)c(F)c(F)c4F)c4nc(cc1[nH]2)C=C4)C=C3. The van der Waals surface area contributed by atoms with Gasteiger partial charge in [0, 0.05) is 22.2 Å². The Labute approximate surface area is 306 Å². The lowest BCUT2D eigenvalue weighted by Gasteiger charge is -2.11. The predicted molar refractivity (Wildman–Crippen MR) is 181 cm³/mol. The summed E-state index contributed by atoms with van der Waals surface area (Å²) in [7, 11) is 0. The van der Waals surface area contributed by atoms with Crippen molar-refractivity contribution < 1.29 is 63.0 Å². The molecule has 2 aliphatic rings. The molecule has 0 unspecified atom stereocenters. The van der Waals surface area contributed by atoms with Crippen molar-refractivity contribution in [3.8, 4) is 22.3 Å². The maximum atomic E-state index is 15.5. The van der Waals surface area contributed by atoms with E-state index in [0.717, 1.165) is 24.3 Å². The zero-order valence-corrected chi connectivity index (χ0v) is 28.3. The zero-order chi connectivity index (χ0) is 40.3. The standard InChI is InChI=1S/C38H20F10N4O4/c1-3-55-37(53)23-19-11-13-5-7-15(49-13)21(25-27(39)31(43)35(47)32(44)28(25)40)17-9-10-18(51-17)22(26-29(41)33(45)36(48)34(46)30(26)42)16-8-6-14(50-16)12-20(52-19)24(23)38(54)56-4-2/h5-12,51-52H,3-4H2,1-2H3. The first kappa shape index (κ1) is 37.6. The summed E-state index contributed by atoms with van der Waals surface area (Å²) in [5.74, 6) is -25.7. The number of esters is 2. The number of hydrogen-bond acceptors (Lipinski definition) is 6. The molecule has 0 atom stereocenters. The van der Waals surface area contributed by atoms with Gasteiger partial charge in [-0.05, 0) is 62.4 Å². The predicted octanol–water partition coefficient (Wildman–Crippen LogP) is 9.73. The quantitative estimate of drug-likeness (QED) is 0.0752. The van der Waals surface area contributed by atoms with Crippen LogP contribution in [0.2, 0.25) is 0 Å². The van der Waals surface area contributed by atoms with Gasteiger partial charge in [0.2, 0.25) is 11.6 Å². The highest BCUT2D eigenvalue weighted by Gasteiger charge is 2.32. The molecule has 0 spiro atoms. The number of ether oxygens (including phenoxy) is 2. The molecular weight excluding hydrogens is 766 g/mol. The van der Waals surface area contributed by atoms with Crippen molar-refractivity contribution in [2.75, 3.05) is 13.2 Å². The minimum Gasteiger partial charge on any atom is -0.462 e. The Bertz CT molecular complexity index is 2550. The highest BCUT2D eigenvalue weighted by atomic mass is 19.2. The molecule has 56 heavy (non-hydrogen) atoms. The lowest BCUT2D eigenvalue weighted by Crippen LogP contribution is -2.12. The molecule has 7 rings (SSSR count). The largest absolute Gasteiger partial charge is 0.462 e. The van der Waals surface area contributed by atoms with E-state index in [2.05, 4.69) is 19.9 Å². The number of benzene rings is 2. The molecule has 0 fully saturated rings. The van der Waals surface area contributed by atoms with E-state index in [1.807, 2.05) is 0 Å². The number of nitrogens with zero attached hydrogens (tertiary/aromatic N) is 2. The summed E-state index contributed by atoms with van der Waals surface area (Å²) in [5, 5.41) is 0. The van der Waals surface area contributed by atoms with Gasteiger partial charge in [-0.1, -0.05) is 0 Å². The van der Waals surface area contributed by atoms with E-state index in [1.54, 1.807) is 0 Å². The van der Waals surface area contributed by atoms with Crippen LogP contribution in [0.4, 0.5) is 43.9 Å². The van der Waals surface area contributed by atoms with E-state index >= 15 is 17.6 Å². The summed E-state index contributed by atoms with van der Waals surface area (Å²) in [6.07, 6.45) is 4.60. The van der Waals surface area contributed by atoms with Crippen LogP contribution in [0, 0.1) is 58.2 Å². The minimum absolute atomic E-state index is 0.114. The van der Waals surface area contributed by atoms with E-state index in [9.17, 15) is 35.9 Å². The Morgan fingerprint density at radius 2 is 0.804 bits per heavy atom. The third-order valence-corrected chi connectivity index (χ3v) is 8.58. The van der Waals surface area contributed by atoms with Gasteiger partial charge in [-0.15, -0.1) is 0 Å². The van der Waals surface area contributed by atoms with Gasteiger partial charge >= 0.3 is 11.9 Å². The normalized spacial score (nSPS) is 12.1. The monoisotopic (exact) mass is 786 g/mol. The summed E-state index contributed by atoms with van der Waals surface area (Å²) >= 11 is 0. The highest BCUT2D eigenvalue weighted by molar-refractivity contribution is 6.13. The van der Waals surface area contributed by atoms with Crippen LogP contribution in [0.15, 0.2) is 24.3 Å². The lowest BCUT2D eigenvalue weighted by molar-refractivity contribution is 0.0483. The first-order valence-corrected chi connectivity index (χ1v) is 16.2. The molecule has 286 valence electrons. The summed E-state index contributed by atoms with van der Waals surface area (Å²) < 4.78 is 160. The van der Waals surface area contributed by atoms with Crippen LogP contribution in [0.25, 0.3) is 68.6 Å². The molecule has 0 radical (unpaired) electrons. The van der Waals surface area contributed by atoms with E-state index in [4.69, 9.17) is 9.47 Å². The molecule has 0 saturated heterocycles. The Morgan fingerprint density at radius 1 is 0.482 bits per heavy atom. The molecule has 5 aromatic rings. The number of nitrogens with one attached hydrogen (secondary N) is 2. The summed E-state index contributed by atoms with van der Waals surface area (Å²) in [6.45, 7) is 2.64. The number of rotatable bonds is 6. The number of aromatic nitrogens is 4. The van der Waals surface area contributed by atoms with Crippen molar-refractivity contribution in [3.05, 3.63) is 116 Å². The van der Waals surface area contributed by atoms with Gasteiger partial charge in [0.1, 0.15) is 0 Å². The fraction of sp³-hybridized carbons (Fsp3) is 0.105. The topological polar surface area (TPSA) is 110 Å². The second kappa shape index (κ2) is 14.2. The Balaban J connectivity index is 1.75. The Hall–Kier alpha value is -6.72. The summed E-state index contributed by atoms with van der Waals surface area (Å²) in [6, 6.07) is 4.36. The van der Waals surface area contributed by atoms with Crippen LogP contribution in [-0.2, 0) is 9.47 Å². The van der Waals surface area contributed by atoms with Crippen LogP contribution in [-0.4, -0.2) is 45.1 Å².